The van der Waals surface area contributed by atoms with E-state index in [4.69, 9.17) is 5.73 Å². The molecular weight excluding hydrogens is 625 g/mol. The molecule has 246 valence electrons. The summed E-state index contributed by atoms with van der Waals surface area (Å²) in [6.45, 7) is 1.32. The highest BCUT2D eigenvalue weighted by Crippen LogP contribution is 2.35. The number of nitrogens with one attached hydrogen (secondary N) is 3. The van der Waals surface area contributed by atoms with E-state index in [0.29, 0.717) is 59.7 Å². The van der Waals surface area contributed by atoms with Gasteiger partial charge in [-0.05, 0) is 41.5 Å². The number of carbonyl (C=O) groups is 3. The summed E-state index contributed by atoms with van der Waals surface area (Å²) in [6, 6.07) is 12.4. The molecule has 0 bridgehead atoms. The Kier molecular flexibility index (Phi) is 8.88. The summed E-state index contributed by atoms with van der Waals surface area (Å²) >= 11 is 0. The number of benzene rings is 2. The molecule has 0 saturated carbocycles. The predicted molar refractivity (Wildman–Crippen MR) is 171 cm³/mol. The number of nitrogen functional groups attached to an aromatic ring is 1. The lowest BCUT2D eigenvalue weighted by molar-refractivity contribution is -0.138. The van der Waals surface area contributed by atoms with E-state index in [0.717, 1.165) is 11.8 Å². The minimum Gasteiger partial charge on any atom is -0.368 e. The molecule has 2 aliphatic rings. The zero-order chi connectivity index (χ0) is 34.0. The minimum atomic E-state index is -4.65. The number of aromatic nitrogens is 3. The van der Waals surface area contributed by atoms with Gasteiger partial charge in [0.25, 0.3) is 5.91 Å². The number of nitrogens with two attached hydrogens (primary N) is 1. The fourth-order valence-corrected chi connectivity index (χ4v) is 5.85. The van der Waals surface area contributed by atoms with Crippen LogP contribution in [0.3, 0.4) is 0 Å². The Balaban J connectivity index is 1.18. The number of hydrogen-bond donors (Lipinski definition) is 4. The third kappa shape index (κ3) is 7.16. The van der Waals surface area contributed by atoms with Crippen LogP contribution in [0, 0.1) is 11.8 Å². The van der Waals surface area contributed by atoms with Crippen molar-refractivity contribution in [2.24, 2.45) is 7.05 Å². The average Bonchev–Trinajstić information content (AvgIpc) is 3.38. The standard InChI is InChI=1S/C34H31F3N8O3/c1-44-27-9-10-40-32(48)25(27)16-28(44)31-22(17-41-33(38)43-31)6-5-20-3-2-4-21(13-20)14-29(46)42-24-8-7-23(26(15-24)34(35,36)37)18-45-12-11-39-30(47)19-45/h2-4,7-8,13,15-17H,9-12,14,18-19H2,1H3,(H,39,47)(H,40,48)(H,42,46)(H2,38,41,43). The molecule has 0 radical (unpaired) electrons. The third-order valence-electron chi connectivity index (χ3n) is 8.14. The second-order valence-corrected chi connectivity index (χ2v) is 11.6. The van der Waals surface area contributed by atoms with Crippen LogP contribution in [0.15, 0.2) is 54.7 Å². The molecule has 2 aromatic carbocycles. The van der Waals surface area contributed by atoms with Crippen molar-refractivity contribution in [3.8, 4) is 23.2 Å². The molecule has 0 atom stereocenters. The van der Waals surface area contributed by atoms with E-state index in [1.165, 1.54) is 18.3 Å². The number of halogens is 3. The van der Waals surface area contributed by atoms with Crippen molar-refractivity contribution in [2.75, 3.05) is 37.2 Å². The van der Waals surface area contributed by atoms with E-state index in [-0.39, 0.29) is 48.5 Å². The van der Waals surface area contributed by atoms with Gasteiger partial charge in [-0.25, -0.2) is 9.97 Å². The van der Waals surface area contributed by atoms with E-state index in [9.17, 15) is 27.6 Å². The molecule has 14 heteroatoms. The summed E-state index contributed by atoms with van der Waals surface area (Å²) in [5, 5.41) is 8.06. The summed E-state index contributed by atoms with van der Waals surface area (Å²) in [6.07, 6.45) is -2.56. The largest absolute Gasteiger partial charge is 0.416 e. The van der Waals surface area contributed by atoms with Gasteiger partial charge in [-0.2, -0.15) is 13.2 Å². The number of carbonyl (C=O) groups excluding carboxylic acids is 3. The van der Waals surface area contributed by atoms with E-state index in [1.807, 2.05) is 11.6 Å². The van der Waals surface area contributed by atoms with Crippen molar-refractivity contribution >= 4 is 29.4 Å². The van der Waals surface area contributed by atoms with Gasteiger partial charge in [0.05, 0.1) is 35.3 Å². The summed E-state index contributed by atoms with van der Waals surface area (Å²) in [5.41, 5.74) is 9.34. The third-order valence-corrected chi connectivity index (χ3v) is 8.14. The van der Waals surface area contributed by atoms with Crippen LogP contribution in [0.4, 0.5) is 24.8 Å². The second kappa shape index (κ2) is 13.2. The van der Waals surface area contributed by atoms with Gasteiger partial charge in [-0.1, -0.05) is 30.0 Å². The summed E-state index contributed by atoms with van der Waals surface area (Å²) < 4.78 is 43.8. The lowest BCUT2D eigenvalue weighted by Gasteiger charge is -2.27. The Morgan fingerprint density at radius 3 is 2.69 bits per heavy atom. The van der Waals surface area contributed by atoms with Crippen LogP contribution in [-0.2, 0) is 42.2 Å². The Labute approximate surface area is 273 Å². The highest BCUT2D eigenvalue weighted by Gasteiger charge is 2.34. The van der Waals surface area contributed by atoms with Gasteiger partial charge in [0.15, 0.2) is 0 Å². The molecule has 1 saturated heterocycles. The normalized spacial score (nSPS) is 14.8. The number of hydrogen-bond acceptors (Lipinski definition) is 7. The number of rotatable bonds is 6. The number of amides is 3. The number of anilines is 2. The highest BCUT2D eigenvalue weighted by molar-refractivity contribution is 5.98. The van der Waals surface area contributed by atoms with Gasteiger partial charge in [-0.3, -0.25) is 19.3 Å². The Hall–Kier alpha value is -5.68. The molecule has 4 aromatic rings. The number of fused-ring (bicyclic) bond motifs is 1. The van der Waals surface area contributed by atoms with Gasteiger partial charge >= 0.3 is 6.18 Å². The fourth-order valence-electron chi connectivity index (χ4n) is 5.85. The van der Waals surface area contributed by atoms with Gasteiger partial charge in [0.1, 0.15) is 5.69 Å². The SMILES string of the molecule is Cn1c(-c2nc(N)ncc2C#Cc2cccc(CC(=O)Nc3ccc(CN4CCNC(=O)C4)c(C(F)(F)F)c3)c2)cc2c1CCNC2=O. The van der Waals surface area contributed by atoms with Gasteiger partial charge < -0.3 is 26.3 Å². The predicted octanol–water partition coefficient (Wildman–Crippen LogP) is 2.88. The van der Waals surface area contributed by atoms with Gasteiger partial charge in [0.2, 0.25) is 17.8 Å². The summed E-state index contributed by atoms with van der Waals surface area (Å²) in [5.74, 6) is 5.30. The van der Waals surface area contributed by atoms with E-state index in [1.54, 1.807) is 35.2 Å². The lowest BCUT2D eigenvalue weighted by Crippen LogP contribution is -2.47. The first-order valence-corrected chi connectivity index (χ1v) is 15.1. The van der Waals surface area contributed by atoms with Gasteiger partial charge in [0, 0.05) is 62.8 Å². The minimum absolute atomic E-state index is 0.0131. The van der Waals surface area contributed by atoms with Crippen LogP contribution < -0.4 is 21.7 Å². The van der Waals surface area contributed by atoms with Crippen LogP contribution in [-0.4, -0.2) is 63.3 Å². The Bertz CT molecular complexity index is 1990. The molecule has 2 aliphatic heterocycles. The maximum absolute atomic E-state index is 14.0. The lowest BCUT2D eigenvalue weighted by atomic mass is 10.0. The molecule has 11 nitrogen and oxygen atoms in total. The van der Waals surface area contributed by atoms with Crippen molar-refractivity contribution in [3.05, 3.63) is 93.8 Å². The van der Waals surface area contributed by atoms with Crippen molar-refractivity contribution in [3.63, 3.8) is 0 Å². The molecule has 3 amide bonds. The molecule has 0 unspecified atom stereocenters. The monoisotopic (exact) mass is 656 g/mol. The molecule has 1 fully saturated rings. The summed E-state index contributed by atoms with van der Waals surface area (Å²) in [4.78, 5) is 47.1. The maximum Gasteiger partial charge on any atom is 0.416 e. The van der Waals surface area contributed by atoms with Crippen LogP contribution >= 0.6 is 0 Å². The molecule has 0 spiro atoms. The van der Waals surface area contributed by atoms with E-state index >= 15 is 0 Å². The summed E-state index contributed by atoms with van der Waals surface area (Å²) in [7, 11) is 1.85. The zero-order valence-electron chi connectivity index (χ0n) is 25.9. The fraction of sp³-hybridized carbons (Fsp3) is 0.265. The van der Waals surface area contributed by atoms with Crippen molar-refractivity contribution < 1.29 is 27.6 Å². The number of nitrogens with zero attached hydrogens (tertiary/aromatic N) is 4. The van der Waals surface area contributed by atoms with Crippen molar-refractivity contribution in [1.82, 2.24) is 30.1 Å². The second-order valence-electron chi connectivity index (χ2n) is 11.6. The van der Waals surface area contributed by atoms with Gasteiger partial charge in [-0.15, -0.1) is 0 Å². The van der Waals surface area contributed by atoms with Crippen molar-refractivity contribution in [2.45, 2.75) is 25.6 Å². The first-order valence-electron chi connectivity index (χ1n) is 15.1. The highest BCUT2D eigenvalue weighted by atomic mass is 19.4. The smallest absolute Gasteiger partial charge is 0.368 e. The quantitative estimate of drug-likeness (QED) is 0.234. The van der Waals surface area contributed by atoms with E-state index in [2.05, 4.69) is 37.8 Å². The van der Waals surface area contributed by atoms with Crippen LogP contribution in [0.1, 0.15) is 43.9 Å². The van der Waals surface area contributed by atoms with Crippen LogP contribution in [0.5, 0.6) is 0 Å². The number of piperazine rings is 1. The molecule has 0 aliphatic carbocycles. The molecule has 4 heterocycles. The molecular formula is C34H31F3N8O3. The molecule has 2 aromatic heterocycles. The molecule has 48 heavy (non-hydrogen) atoms. The molecule has 6 rings (SSSR count). The van der Waals surface area contributed by atoms with Crippen LogP contribution in [0.25, 0.3) is 11.4 Å². The van der Waals surface area contributed by atoms with E-state index < -0.39 is 17.6 Å². The average molecular weight is 657 g/mol. The maximum atomic E-state index is 14.0. The zero-order valence-corrected chi connectivity index (χ0v) is 25.9. The number of alkyl halides is 3. The molecule has 5 N–H and O–H groups in total. The Morgan fingerprint density at radius 2 is 1.92 bits per heavy atom. The topological polar surface area (TPSA) is 147 Å². The first-order chi connectivity index (χ1) is 22.9. The Morgan fingerprint density at radius 1 is 1.08 bits per heavy atom. The van der Waals surface area contributed by atoms with Crippen LogP contribution in [0.2, 0.25) is 0 Å². The van der Waals surface area contributed by atoms with Crippen molar-refractivity contribution in [1.29, 1.82) is 0 Å². The first kappa shape index (κ1) is 32.3.